The molecule has 6 heteroatoms. The van der Waals surface area contributed by atoms with Crippen molar-refractivity contribution in [2.75, 3.05) is 0 Å². The summed E-state index contributed by atoms with van der Waals surface area (Å²) in [5.41, 5.74) is -2.36. The Balaban J connectivity index is 3.86. The molecule has 0 unspecified atom stereocenters. The van der Waals surface area contributed by atoms with Gasteiger partial charge in [0, 0.05) is 18.6 Å². The van der Waals surface area contributed by atoms with Crippen LogP contribution in [0.2, 0.25) is 0 Å². The summed E-state index contributed by atoms with van der Waals surface area (Å²) in [6.07, 6.45) is 12.2. The molecule has 0 N–H and O–H groups in total. The van der Waals surface area contributed by atoms with Crippen molar-refractivity contribution in [3.63, 3.8) is 0 Å². The van der Waals surface area contributed by atoms with Crippen molar-refractivity contribution >= 4 is 18.6 Å². The molecule has 6 nitrogen and oxygen atoms in total. The summed E-state index contributed by atoms with van der Waals surface area (Å²) in [7, 11) is 0. The highest BCUT2D eigenvalue weighted by atomic mass is 16.2. The number of nitrogens with zero attached hydrogens (tertiary/aromatic N) is 3. The van der Waals surface area contributed by atoms with Gasteiger partial charge in [-0.05, 0) is 18.2 Å². The fourth-order valence-electron chi connectivity index (χ4n) is 1.42. The van der Waals surface area contributed by atoms with E-state index in [1.807, 2.05) is 0 Å². The van der Waals surface area contributed by atoms with E-state index in [4.69, 9.17) is 0 Å². The van der Waals surface area contributed by atoms with Gasteiger partial charge in [-0.3, -0.25) is 0 Å². The van der Waals surface area contributed by atoms with Crippen molar-refractivity contribution in [3.8, 4) is 0 Å². The molecule has 1 rings (SSSR count). The van der Waals surface area contributed by atoms with Crippen LogP contribution in [0.3, 0.4) is 0 Å². The van der Waals surface area contributed by atoms with E-state index in [0.717, 1.165) is 13.7 Å². The first-order valence-electron chi connectivity index (χ1n) is 5.95. The zero-order chi connectivity index (χ0) is 15.8. The summed E-state index contributed by atoms with van der Waals surface area (Å²) >= 11 is 0. The minimum Gasteiger partial charge on any atom is -0.247 e. The Kier molecular flexibility index (Phi) is 5.64. The second-order valence-electron chi connectivity index (χ2n) is 3.69. The zero-order valence-electron chi connectivity index (χ0n) is 11.4. The third kappa shape index (κ3) is 3.44. The third-order valence-corrected chi connectivity index (χ3v) is 2.35. The summed E-state index contributed by atoms with van der Waals surface area (Å²) in [5.74, 6) is 0. The van der Waals surface area contributed by atoms with Crippen molar-refractivity contribution in [1.82, 2.24) is 13.7 Å². The predicted molar refractivity (Wildman–Crippen MR) is 85.8 cm³/mol. The van der Waals surface area contributed by atoms with Crippen LogP contribution in [-0.4, -0.2) is 13.7 Å². The minimum absolute atomic E-state index is 0.788. The number of hydrogen-bond donors (Lipinski definition) is 0. The van der Waals surface area contributed by atoms with Crippen LogP contribution in [0.25, 0.3) is 18.6 Å². The molecule has 0 amide bonds. The maximum atomic E-state index is 12.1. The normalized spacial score (nSPS) is 11.4. The lowest BCUT2D eigenvalue weighted by Gasteiger charge is -2.05. The molecular formula is C15H15N3O3. The summed E-state index contributed by atoms with van der Waals surface area (Å²) < 4.78 is 2.39. The molecule has 1 heterocycles. The SMILES string of the molecule is C=C/C=C/n1c(=O)n(/C=C/C=C)c(=O)n(/C=C/C=C)c1=O. The lowest BCUT2D eigenvalue weighted by atomic mass is 10.5. The molecule has 0 radical (unpaired) electrons. The van der Waals surface area contributed by atoms with Crippen molar-refractivity contribution in [2.45, 2.75) is 0 Å². The summed E-state index contributed by atoms with van der Waals surface area (Å²) in [6, 6.07) is 0. The van der Waals surface area contributed by atoms with Gasteiger partial charge < -0.3 is 0 Å². The highest BCUT2D eigenvalue weighted by Gasteiger charge is 2.10. The van der Waals surface area contributed by atoms with Gasteiger partial charge in [0.15, 0.2) is 0 Å². The lowest BCUT2D eigenvalue weighted by Crippen LogP contribution is -2.50. The van der Waals surface area contributed by atoms with Gasteiger partial charge in [-0.15, -0.1) is 0 Å². The highest BCUT2D eigenvalue weighted by Crippen LogP contribution is 1.83. The average molecular weight is 285 g/mol. The topological polar surface area (TPSA) is 66.0 Å². The van der Waals surface area contributed by atoms with Gasteiger partial charge in [-0.1, -0.05) is 38.0 Å². The van der Waals surface area contributed by atoms with Crippen molar-refractivity contribution in [2.24, 2.45) is 0 Å². The predicted octanol–water partition coefficient (Wildman–Crippen LogP) is 1.14. The molecule has 21 heavy (non-hydrogen) atoms. The maximum Gasteiger partial charge on any atom is 0.344 e. The van der Waals surface area contributed by atoms with Crippen LogP contribution < -0.4 is 17.1 Å². The van der Waals surface area contributed by atoms with E-state index >= 15 is 0 Å². The molecule has 0 saturated carbocycles. The molecule has 0 spiro atoms. The summed E-state index contributed by atoms with van der Waals surface area (Å²) in [4.78, 5) is 36.4. The van der Waals surface area contributed by atoms with E-state index in [2.05, 4.69) is 19.7 Å². The maximum absolute atomic E-state index is 12.1. The first-order valence-corrected chi connectivity index (χ1v) is 5.95. The van der Waals surface area contributed by atoms with Crippen LogP contribution >= 0.6 is 0 Å². The van der Waals surface area contributed by atoms with Crippen LogP contribution in [0, 0.1) is 0 Å². The van der Waals surface area contributed by atoms with Gasteiger partial charge in [0.05, 0.1) is 0 Å². The van der Waals surface area contributed by atoms with Gasteiger partial charge in [-0.2, -0.15) is 0 Å². The van der Waals surface area contributed by atoms with E-state index in [1.165, 1.54) is 55.1 Å². The second-order valence-corrected chi connectivity index (χ2v) is 3.69. The number of aromatic nitrogens is 3. The lowest BCUT2D eigenvalue weighted by molar-refractivity contribution is 0.708. The van der Waals surface area contributed by atoms with E-state index in [0.29, 0.717) is 0 Å². The van der Waals surface area contributed by atoms with Crippen molar-refractivity contribution in [3.05, 3.63) is 87.6 Å². The highest BCUT2D eigenvalue weighted by molar-refractivity contribution is 5.33. The van der Waals surface area contributed by atoms with E-state index in [1.54, 1.807) is 0 Å². The monoisotopic (exact) mass is 285 g/mol. The van der Waals surface area contributed by atoms with E-state index in [9.17, 15) is 14.4 Å². The van der Waals surface area contributed by atoms with Gasteiger partial charge in [-0.25, -0.2) is 28.1 Å². The second kappa shape index (κ2) is 7.44. The number of hydrogen-bond acceptors (Lipinski definition) is 3. The average Bonchev–Trinajstić information content (AvgIpc) is 2.47. The Morgan fingerprint density at radius 1 is 0.571 bits per heavy atom. The minimum atomic E-state index is -0.788. The van der Waals surface area contributed by atoms with Gasteiger partial charge in [0.1, 0.15) is 0 Å². The number of rotatable bonds is 6. The molecule has 0 aliphatic rings. The molecule has 1 aromatic rings. The van der Waals surface area contributed by atoms with Crippen LogP contribution in [0.5, 0.6) is 0 Å². The Bertz CT molecular complexity index is 674. The van der Waals surface area contributed by atoms with Crippen LogP contribution in [0.4, 0.5) is 0 Å². The summed E-state index contributed by atoms with van der Waals surface area (Å²) in [6.45, 7) is 10.4. The first kappa shape index (κ1) is 15.9. The van der Waals surface area contributed by atoms with Crippen LogP contribution in [-0.2, 0) is 0 Å². The Labute approximate surface area is 120 Å². The van der Waals surface area contributed by atoms with Gasteiger partial charge >= 0.3 is 17.1 Å². The van der Waals surface area contributed by atoms with Crippen LogP contribution in [0.15, 0.2) is 70.6 Å². The van der Waals surface area contributed by atoms with Crippen LogP contribution in [0.1, 0.15) is 0 Å². The third-order valence-electron chi connectivity index (χ3n) is 2.35. The van der Waals surface area contributed by atoms with Gasteiger partial charge in [0.2, 0.25) is 0 Å². The largest absolute Gasteiger partial charge is 0.344 e. The van der Waals surface area contributed by atoms with E-state index < -0.39 is 17.1 Å². The molecule has 0 aliphatic heterocycles. The van der Waals surface area contributed by atoms with Crippen molar-refractivity contribution < 1.29 is 0 Å². The molecule has 0 saturated heterocycles. The first-order chi connectivity index (χ1) is 10.1. The molecule has 108 valence electrons. The molecular weight excluding hydrogens is 270 g/mol. The Morgan fingerprint density at radius 2 is 0.810 bits per heavy atom. The smallest absolute Gasteiger partial charge is 0.247 e. The molecule has 0 aliphatic carbocycles. The molecule has 1 aromatic heterocycles. The Morgan fingerprint density at radius 3 is 1.00 bits per heavy atom. The number of allylic oxidation sites excluding steroid dienone is 6. The fourth-order valence-corrected chi connectivity index (χ4v) is 1.42. The molecule has 0 atom stereocenters. The molecule has 0 bridgehead atoms. The van der Waals surface area contributed by atoms with E-state index in [-0.39, 0.29) is 0 Å². The Hall–Kier alpha value is -3.15. The zero-order valence-corrected chi connectivity index (χ0v) is 11.4. The molecule has 0 fully saturated rings. The molecule has 0 aromatic carbocycles. The fraction of sp³-hybridized carbons (Fsp3) is 0. The van der Waals surface area contributed by atoms with Crippen molar-refractivity contribution in [1.29, 1.82) is 0 Å². The van der Waals surface area contributed by atoms with Gasteiger partial charge in [0.25, 0.3) is 0 Å². The standard InChI is InChI=1S/C15H15N3O3/c1-4-7-10-16-13(19)17(11-8-5-2)15(21)18(14(16)20)12-9-6-3/h4-12H,1-3H2/b10-7+,11-8+,12-9+. The quantitative estimate of drug-likeness (QED) is 0.736. The summed E-state index contributed by atoms with van der Waals surface area (Å²) in [5, 5.41) is 0.